The lowest BCUT2D eigenvalue weighted by Gasteiger charge is -2.25. The van der Waals surface area contributed by atoms with Crippen LogP contribution < -0.4 is 4.74 Å². The molecule has 190 valence electrons. The molecule has 0 radical (unpaired) electrons. The maximum atomic E-state index is 15.4. The molecule has 6 nitrogen and oxygen atoms in total. The van der Waals surface area contributed by atoms with E-state index in [1.54, 1.807) is 19.2 Å². The molecule has 0 saturated heterocycles. The molecule has 3 aromatic heterocycles. The Morgan fingerprint density at radius 2 is 1.92 bits per heavy atom. The van der Waals surface area contributed by atoms with Crippen molar-refractivity contribution in [1.29, 1.82) is 0 Å². The fourth-order valence-electron chi connectivity index (χ4n) is 4.93. The second-order valence-electron chi connectivity index (χ2n) is 8.99. The number of nitrogens with zero attached hydrogens (tertiary/aromatic N) is 3. The van der Waals surface area contributed by atoms with Crippen molar-refractivity contribution in [3.63, 3.8) is 0 Å². The summed E-state index contributed by atoms with van der Waals surface area (Å²) in [6, 6.07) is 3.68. The largest absolute Gasteiger partial charge is 0.434 e. The number of aromatic nitrogens is 4. The third-order valence-electron chi connectivity index (χ3n) is 6.83. The molecule has 3 heterocycles. The van der Waals surface area contributed by atoms with Gasteiger partial charge in [-0.25, -0.2) is 14.1 Å². The van der Waals surface area contributed by atoms with Gasteiger partial charge < -0.3 is 14.8 Å². The zero-order valence-corrected chi connectivity index (χ0v) is 19.9. The molecule has 1 fully saturated rings. The first-order valence-electron chi connectivity index (χ1n) is 11.6. The smallest absolute Gasteiger partial charge is 0.387 e. The number of pyridine rings is 1. The van der Waals surface area contributed by atoms with E-state index in [-0.39, 0.29) is 34.0 Å². The molecular formula is C25H23ClF4N4O2. The Hall–Kier alpha value is -3.11. The minimum Gasteiger partial charge on any atom is -0.434 e. The minimum absolute atomic E-state index is 0.0711. The summed E-state index contributed by atoms with van der Waals surface area (Å²) in [5, 5.41) is 14.3. The number of halogens is 5. The lowest BCUT2D eigenvalue weighted by atomic mass is 9.91. The summed E-state index contributed by atoms with van der Waals surface area (Å²) in [6.07, 6.45) is 6.68. The van der Waals surface area contributed by atoms with Crippen LogP contribution in [0.3, 0.4) is 0 Å². The summed E-state index contributed by atoms with van der Waals surface area (Å²) in [5.74, 6) is -2.15. The number of aliphatic hydroxyl groups is 1. The predicted molar refractivity (Wildman–Crippen MR) is 126 cm³/mol. The Balaban J connectivity index is 1.53. The molecule has 4 aromatic rings. The molecule has 0 unspecified atom stereocenters. The highest BCUT2D eigenvalue weighted by atomic mass is 35.5. The first kappa shape index (κ1) is 24.6. The normalized spacial score (nSPS) is 19.2. The van der Waals surface area contributed by atoms with Crippen molar-refractivity contribution >= 4 is 22.6 Å². The number of rotatable bonds is 6. The monoisotopic (exact) mass is 522 g/mol. The van der Waals surface area contributed by atoms with Crippen molar-refractivity contribution in [2.24, 2.45) is 0 Å². The second-order valence-corrected chi connectivity index (χ2v) is 9.37. The Labute approximate surface area is 208 Å². The summed E-state index contributed by atoms with van der Waals surface area (Å²) in [5.41, 5.74) is 1.89. The van der Waals surface area contributed by atoms with E-state index in [1.165, 1.54) is 17.1 Å². The van der Waals surface area contributed by atoms with Gasteiger partial charge in [-0.2, -0.15) is 18.3 Å². The number of H-pyrrole nitrogens is 1. The Bertz CT molecular complexity index is 1400. The Morgan fingerprint density at radius 3 is 2.64 bits per heavy atom. The number of benzene rings is 1. The molecule has 36 heavy (non-hydrogen) atoms. The fourth-order valence-corrected chi connectivity index (χ4v) is 5.25. The summed E-state index contributed by atoms with van der Waals surface area (Å²) in [4.78, 5) is 7.40. The van der Waals surface area contributed by atoms with Crippen molar-refractivity contribution in [1.82, 2.24) is 19.7 Å². The van der Waals surface area contributed by atoms with Gasteiger partial charge in [0.1, 0.15) is 17.2 Å². The van der Waals surface area contributed by atoms with Gasteiger partial charge in [-0.1, -0.05) is 18.5 Å². The molecule has 0 aliphatic heterocycles. The molecule has 1 saturated carbocycles. The molecular weight excluding hydrogens is 500 g/mol. The number of aromatic amines is 1. The Morgan fingerprint density at radius 1 is 1.17 bits per heavy atom. The zero-order chi connectivity index (χ0) is 25.6. The van der Waals surface area contributed by atoms with E-state index in [0.29, 0.717) is 47.8 Å². The highest BCUT2D eigenvalue weighted by molar-refractivity contribution is 6.31. The van der Waals surface area contributed by atoms with Gasteiger partial charge in [0.2, 0.25) is 5.95 Å². The molecule has 11 heteroatoms. The van der Waals surface area contributed by atoms with E-state index in [0.717, 1.165) is 12.1 Å². The predicted octanol–water partition coefficient (Wildman–Crippen LogP) is 6.59. The molecule has 0 spiro atoms. The van der Waals surface area contributed by atoms with E-state index in [4.69, 9.17) is 11.6 Å². The van der Waals surface area contributed by atoms with E-state index in [1.807, 2.05) is 0 Å². The number of hydrogen-bond acceptors (Lipinski definition) is 4. The van der Waals surface area contributed by atoms with Crippen LogP contribution in [0.15, 0.2) is 36.8 Å². The van der Waals surface area contributed by atoms with Gasteiger partial charge in [0.25, 0.3) is 0 Å². The SMILES string of the molecule is C[C@H](c1c(OC(F)F)ccc(F)c1Cl)c1c[nH]c2ncc(-c3cnn([C@H]4CC[C@H](O)CC4)c3F)cc12. The molecule has 5 rings (SSSR count). The van der Waals surface area contributed by atoms with Crippen LogP contribution >= 0.6 is 11.6 Å². The van der Waals surface area contributed by atoms with Crippen LogP contribution in [0, 0.1) is 11.8 Å². The van der Waals surface area contributed by atoms with Crippen LogP contribution in [-0.4, -0.2) is 37.6 Å². The van der Waals surface area contributed by atoms with Gasteiger partial charge in [-0.3, -0.25) is 0 Å². The molecule has 1 atom stereocenters. The van der Waals surface area contributed by atoms with Crippen LogP contribution in [0.25, 0.3) is 22.2 Å². The van der Waals surface area contributed by atoms with Gasteiger partial charge in [-0.15, -0.1) is 0 Å². The van der Waals surface area contributed by atoms with Gasteiger partial charge in [-0.05, 0) is 49.4 Å². The van der Waals surface area contributed by atoms with Gasteiger partial charge in [0, 0.05) is 34.8 Å². The highest BCUT2D eigenvalue weighted by Crippen LogP contribution is 2.41. The number of ether oxygens (including phenoxy) is 1. The van der Waals surface area contributed by atoms with Crippen molar-refractivity contribution in [3.05, 3.63) is 64.7 Å². The number of hydrogen-bond donors (Lipinski definition) is 2. The summed E-state index contributed by atoms with van der Waals surface area (Å²) in [7, 11) is 0. The zero-order valence-electron chi connectivity index (χ0n) is 19.2. The molecule has 1 aromatic carbocycles. The number of nitrogens with one attached hydrogen (secondary N) is 1. The highest BCUT2D eigenvalue weighted by Gasteiger charge is 2.27. The maximum absolute atomic E-state index is 15.4. The van der Waals surface area contributed by atoms with Crippen molar-refractivity contribution in [2.75, 3.05) is 0 Å². The van der Waals surface area contributed by atoms with Crippen LogP contribution in [-0.2, 0) is 0 Å². The third-order valence-corrected chi connectivity index (χ3v) is 7.21. The minimum atomic E-state index is -3.11. The van der Waals surface area contributed by atoms with Crippen molar-refractivity contribution in [2.45, 2.75) is 57.3 Å². The lowest BCUT2D eigenvalue weighted by Crippen LogP contribution is -2.22. The Kier molecular flexibility index (Phi) is 6.65. The van der Waals surface area contributed by atoms with E-state index < -0.39 is 24.3 Å². The van der Waals surface area contributed by atoms with Crippen molar-refractivity contribution in [3.8, 4) is 16.9 Å². The maximum Gasteiger partial charge on any atom is 0.387 e. The van der Waals surface area contributed by atoms with Gasteiger partial charge in [0.15, 0.2) is 0 Å². The standard InChI is InChI=1S/C25H23ClF4N4O2/c1-12(21-20(36-25(29)30)7-6-19(27)22(21)26)17-10-32-24-16(17)8-13(9-31-24)18-11-33-34(23(18)28)14-2-4-15(35)5-3-14/h6-12,14-15,25,35H,2-5H2,1H3,(H,31,32)/t12-,14-,15-/m0/s1. The molecule has 1 aliphatic rings. The number of alkyl halides is 2. The summed E-state index contributed by atoms with van der Waals surface area (Å²) >= 11 is 6.18. The molecule has 0 bridgehead atoms. The molecule has 1 aliphatic carbocycles. The molecule has 2 N–H and O–H groups in total. The second kappa shape index (κ2) is 9.74. The quantitative estimate of drug-likeness (QED) is 0.280. The lowest BCUT2D eigenvalue weighted by molar-refractivity contribution is -0.0505. The van der Waals surface area contributed by atoms with Gasteiger partial charge in [0.05, 0.1) is 28.9 Å². The first-order chi connectivity index (χ1) is 17.2. The number of aliphatic hydroxyl groups excluding tert-OH is 1. The topological polar surface area (TPSA) is 76.0 Å². The molecule has 0 amide bonds. The van der Waals surface area contributed by atoms with Gasteiger partial charge >= 0.3 is 6.61 Å². The van der Waals surface area contributed by atoms with Crippen LogP contribution in [0.5, 0.6) is 5.75 Å². The van der Waals surface area contributed by atoms with E-state index in [9.17, 15) is 18.3 Å². The van der Waals surface area contributed by atoms with Crippen LogP contribution in [0.4, 0.5) is 17.6 Å². The van der Waals surface area contributed by atoms with Crippen LogP contribution in [0.2, 0.25) is 5.02 Å². The van der Waals surface area contributed by atoms with E-state index in [2.05, 4.69) is 19.8 Å². The summed E-state index contributed by atoms with van der Waals surface area (Å²) in [6.45, 7) is -1.43. The van der Waals surface area contributed by atoms with Crippen LogP contribution in [0.1, 0.15) is 55.7 Å². The third kappa shape index (κ3) is 4.43. The average molecular weight is 523 g/mol. The number of fused-ring (bicyclic) bond motifs is 1. The average Bonchev–Trinajstić information content (AvgIpc) is 3.44. The van der Waals surface area contributed by atoms with Crippen molar-refractivity contribution < 1.29 is 27.4 Å². The van der Waals surface area contributed by atoms with E-state index >= 15 is 4.39 Å². The first-order valence-corrected chi connectivity index (χ1v) is 11.9. The summed E-state index contributed by atoms with van der Waals surface area (Å²) < 4.78 is 61.6. The fraction of sp³-hybridized carbons (Fsp3) is 0.360.